The highest BCUT2D eigenvalue weighted by atomic mass is 15.2. The summed E-state index contributed by atoms with van der Waals surface area (Å²) in [4.78, 5) is 0. The van der Waals surface area contributed by atoms with Crippen LogP contribution in [0.25, 0.3) is 0 Å². The lowest BCUT2D eigenvalue weighted by Crippen LogP contribution is -2.20. The highest BCUT2D eigenvalue weighted by Gasteiger charge is 2.10. The lowest BCUT2D eigenvalue weighted by Gasteiger charge is -2.18. The largest absolute Gasteiger partial charge is 0.319 e. The van der Waals surface area contributed by atoms with Crippen molar-refractivity contribution in [2.75, 3.05) is 13.6 Å². The van der Waals surface area contributed by atoms with Gasteiger partial charge in [-0.25, -0.2) is 0 Å². The Kier molecular flexibility index (Phi) is 5.53. The minimum absolute atomic E-state index is 0.783. The van der Waals surface area contributed by atoms with Crippen molar-refractivity contribution in [3.63, 3.8) is 0 Å². The molecule has 1 aromatic rings. The summed E-state index contributed by atoms with van der Waals surface area (Å²) in [5.41, 5.74) is 1.35. The third-order valence-electron chi connectivity index (χ3n) is 2.90. The summed E-state index contributed by atoms with van der Waals surface area (Å²) in [7, 11) is 4.01. The quantitative estimate of drug-likeness (QED) is 0.768. The predicted octanol–water partition coefficient (Wildman–Crippen LogP) is 2.23. The van der Waals surface area contributed by atoms with Crippen molar-refractivity contribution in [3.8, 4) is 0 Å². The molecular formula is C13H25N3. The van der Waals surface area contributed by atoms with Crippen LogP contribution < -0.4 is 5.32 Å². The standard InChI is InChI=1S/C13H25N3/c1-11(2)7-12(8-14-3)5-6-13-9-15-16(4)10-13/h9-12,14H,5-8H2,1-4H3. The van der Waals surface area contributed by atoms with Gasteiger partial charge in [-0.3, -0.25) is 4.68 Å². The molecular weight excluding hydrogens is 198 g/mol. The van der Waals surface area contributed by atoms with Crippen LogP contribution in [0.1, 0.15) is 32.3 Å². The van der Waals surface area contributed by atoms with Crippen molar-refractivity contribution >= 4 is 0 Å². The van der Waals surface area contributed by atoms with Crippen molar-refractivity contribution in [2.24, 2.45) is 18.9 Å². The molecule has 92 valence electrons. The first kappa shape index (κ1) is 13.2. The molecule has 1 N–H and O–H groups in total. The Hall–Kier alpha value is -0.830. The van der Waals surface area contributed by atoms with Gasteiger partial charge >= 0.3 is 0 Å². The van der Waals surface area contributed by atoms with E-state index in [9.17, 15) is 0 Å². The first-order valence-electron chi connectivity index (χ1n) is 6.24. The number of hydrogen-bond acceptors (Lipinski definition) is 2. The average molecular weight is 223 g/mol. The third-order valence-corrected chi connectivity index (χ3v) is 2.90. The van der Waals surface area contributed by atoms with Gasteiger partial charge in [-0.2, -0.15) is 5.10 Å². The highest BCUT2D eigenvalue weighted by molar-refractivity contribution is 5.03. The summed E-state index contributed by atoms with van der Waals surface area (Å²) in [6.45, 7) is 5.72. The van der Waals surface area contributed by atoms with E-state index in [1.807, 2.05) is 25.0 Å². The van der Waals surface area contributed by atoms with Gasteiger partial charge in [0.25, 0.3) is 0 Å². The van der Waals surface area contributed by atoms with Crippen LogP contribution in [0, 0.1) is 11.8 Å². The van der Waals surface area contributed by atoms with Gasteiger partial charge in [0.15, 0.2) is 0 Å². The van der Waals surface area contributed by atoms with Crippen LogP contribution in [0.2, 0.25) is 0 Å². The fraction of sp³-hybridized carbons (Fsp3) is 0.769. The zero-order chi connectivity index (χ0) is 12.0. The summed E-state index contributed by atoms with van der Waals surface area (Å²) in [5, 5.41) is 7.50. The van der Waals surface area contributed by atoms with Crippen LogP contribution in [0.4, 0.5) is 0 Å². The molecule has 1 aromatic heterocycles. The molecule has 0 radical (unpaired) electrons. The molecule has 3 heteroatoms. The Morgan fingerprint density at radius 2 is 2.19 bits per heavy atom. The number of nitrogens with one attached hydrogen (secondary N) is 1. The molecule has 0 saturated heterocycles. The van der Waals surface area contributed by atoms with E-state index in [4.69, 9.17) is 0 Å². The van der Waals surface area contributed by atoms with Gasteiger partial charge in [0.2, 0.25) is 0 Å². The molecule has 0 spiro atoms. The number of nitrogens with zero attached hydrogens (tertiary/aromatic N) is 2. The zero-order valence-electron chi connectivity index (χ0n) is 11.0. The molecule has 1 atom stereocenters. The minimum Gasteiger partial charge on any atom is -0.319 e. The molecule has 16 heavy (non-hydrogen) atoms. The van der Waals surface area contributed by atoms with Crippen molar-refractivity contribution in [2.45, 2.75) is 33.1 Å². The van der Waals surface area contributed by atoms with Crippen molar-refractivity contribution in [1.29, 1.82) is 0 Å². The Balaban J connectivity index is 2.36. The van der Waals surface area contributed by atoms with Crippen LogP contribution in [0.15, 0.2) is 12.4 Å². The second-order valence-electron chi connectivity index (χ2n) is 5.11. The van der Waals surface area contributed by atoms with Gasteiger partial charge < -0.3 is 5.32 Å². The van der Waals surface area contributed by atoms with Crippen LogP contribution in [-0.4, -0.2) is 23.4 Å². The van der Waals surface area contributed by atoms with E-state index in [1.54, 1.807) is 0 Å². The van der Waals surface area contributed by atoms with E-state index < -0.39 is 0 Å². The maximum Gasteiger partial charge on any atom is 0.0521 e. The van der Waals surface area contributed by atoms with Gasteiger partial charge in [0.1, 0.15) is 0 Å². The van der Waals surface area contributed by atoms with E-state index in [0.29, 0.717) is 0 Å². The second kappa shape index (κ2) is 6.69. The minimum atomic E-state index is 0.783. The summed E-state index contributed by atoms with van der Waals surface area (Å²) < 4.78 is 1.88. The predicted molar refractivity (Wildman–Crippen MR) is 68.4 cm³/mol. The van der Waals surface area contributed by atoms with Crippen molar-refractivity contribution in [3.05, 3.63) is 18.0 Å². The van der Waals surface area contributed by atoms with E-state index in [2.05, 4.69) is 30.5 Å². The molecule has 1 heterocycles. The van der Waals surface area contributed by atoms with E-state index in [0.717, 1.165) is 24.8 Å². The number of aryl methyl sites for hydroxylation is 2. The molecule has 3 nitrogen and oxygen atoms in total. The molecule has 0 aliphatic carbocycles. The maximum absolute atomic E-state index is 4.20. The smallest absolute Gasteiger partial charge is 0.0521 e. The third kappa shape index (κ3) is 4.79. The SMILES string of the molecule is CNCC(CCc1cnn(C)c1)CC(C)C. The molecule has 0 fully saturated rings. The van der Waals surface area contributed by atoms with E-state index >= 15 is 0 Å². The summed E-state index contributed by atoms with van der Waals surface area (Å²) in [6.07, 6.45) is 7.80. The van der Waals surface area contributed by atoms with Gasteiger partial charge in [-0.1, -0.05) is 13.8 Å². The molecule has 0 aliphatic heterocycles. The van der Waals surface area contributed by atoms with Gasteiger partial charge in [0, 0.05) is 13.2 Å². The molecule has 0 bridgehead atoms. The monoisotopic (exact) mass is 223 g/mol. The van der Waals surface area contributed by atoms with Crippen LogP contribution in [0.3, 0.4) is 0 Å². The number of hydrogen-bond donors (Lipinski definition) is 1. The fourth-order valence-electron chi connectivity index (χ4n) is 2.23. The van der Waals surface area contributed by atoms with Gasteiger partial charge in [-0.15, -0.1) is 0 Å². The molecule has 0 amide bonds. The first-order chi connectivity index (χ1) is 7.61. The summed E-state index contributed by atoms with van der Waals surface area (Å²) in [6, 6.07) is 0. The Labute approximate surface area is 99.2 Å². The fourth-order valence-corrected chi connectivity index (χ4v) is 2.23. The second-order valence-corrected chi connectivity index (χ2v) is 5.11. The highest BCUT2D eigenvalue weighted by Crippen LogP contribution is 2.17. The van der Waals surface area contributed by atoms with E-state index in [-0.39, 0.29) is 0 Å². The topological polar surface area (TPSA) is 29.9 Å². The molecule has 0 aliphatic rings. The van der Waals surface area contributed by atoms with Crippen molar-refractivity contribution < 1.29 is 0 Å². The zero-order valence-corrected chi connectivity index (χ0v) is 11.0. The lowest BCUT2D eigenvalue weighted by atomic mass is 9.92. The first-order valence-corrected chi connectivity index (χ1v) is 6.24. The number of rotatable bonds is 7. The molecule has 0 saturated carbocycles. The molecule has 1 unspecified atom stereocenters. The number of aromatic nitrogens is 2. The van der Waals surface area contributed by atoms with Crippen LogP contribution >= 0.6 is 0 Å². The Morgan fingerprint density at radius 3 is 2.69 bits per heavy atom. The van der Waals surface area contributed by atoms with Crippen LogP contribution in [0.5, 0.6) is 0 Å². The molecule has 0 aromatic carbocycles. The van der Waals surface area contributed by atoms with Gasteiger partial charge in [0.05, 0.1) is 6.20 Å². The lowest BCUT2D eigenvalue weighted by molar-refractivity contribution is 0.375. The average Bonchev–Trinajstić information content (AvgIpc) is 2.60. The molecule has 1 rings (SSSR count). The summed E-state index contributed by atoms with van der Waals surface area (Å²) >= 11 is 0. The Morgan fingerprint density at radius 1 is 1.44 bits per heavy atom. The van der Waals surface area contributed by atoms with Crippen molar-refractivity contribution in [1.82, 2.24) is 15.1 Å². The van der Waals surface area contributed by atoms with Gasteiger partial charge in [-0.05, 0) is 50.3 Å². The summed E-state index contributed by atoms with van der Waals surface area (Å²) in [5.74, 6) is 1.57. The maximum atomic E-state index is 4.20. The van der Waals surface area contributed by atoms with Crippen LogP contribution in [-0.2, 0) is 13.5 Å². The Bertz CT molecular complexity index is 291. The van der Waals surface area contributed by atoms with E-state index in [1.165, 1.54) is 18.4 Å². The normalized spacial score (nSPS) is 13.3.